The average Bonchev–Trinajstić information content (AvgIpc) is 3.51. The zero-order chi connectivity index (χ0) is 24.0. The molecule has 0 spiro atoms. The summed E-state index contributed by atoms with van der Waals surface area (Å²) in [4.78, 5) is 15.2. The van der Waals surface area contributed by atoms with Gasteiger partial charge in [-0.15, -0.1) is 5.10 Å². The Morgan fingerprint density at radius 2 is 1.63 bits per heavy atom. The Hall–Kier alpha value is -4.23. The van der Waals surface area contributed by atoms with Crippen molar-refractivity contribution < 1.29 is 13.6 Å². The summed E-state index contributed by atoms with van der Waals surface area (Å²) in [7, 11) is 0. The van der Waals surface area contributed by atoms with Gasteiger partial charge in [-0.3, -0.25) is 9.69 Å². The molecule has 1 amide bonds. The van der Waals surface area contributed by atoms with Crippen LogP contribution in [0.4, 0.5) is 4.39 Å². The second-order valence-corrected chi connectivity index (χ2v) is 8.73. The standard InChI is InChI=1S/C28H20FN3O2S/c29-25-11-5-4-9-23(25)18-30-31-28-32(19-24-10-6-16-34-24)27(33)26(35-28)17-20-12-14-22(15-13-20)21-7-2-1-3-8-21/h1-18H,19H2/b26-17-,30-18-,31-28+. The molecule has 0 atom stereocenters. The van der Waals surface area contributed by atoms with Gasteiger partial charge in [-0.2, -0.15) is 5.10 Å². The fourth-order valence-electron chi connectivity index (χ4n) is 3.55. The van der Waals surface area contributed by atoms with Crippen molar-refractivity contribution in [3.63, 3.8) is 0 Å². The number of carbonyl (C=O) groups is 1. The number of furan rings is 1. The first-order chi connectivity index (χ1) is 17.2. The van der Waals surface area contributed by atoms with Crippen molar-refractivity contribution in [3.05, 3.63) is 125 Å². The smallest absolute Gasteiger partial charge is 0.267 e. The van der Waals surface area contributed by atoms with Gasteiger partial charge >= 0.3 is 0 Å². The highest BCUT2D eigenvalue weighted by Crippen LogP contribution is 2.34. The molecule has 0 aliphatic carbocycles. The van der Waals surface area contributed by atoms with E-state index in [1.165, 1.54) is 28.9 Å². The molecule has 5 rings (SSSR count). The number of amides is 1. The largest absolute Gasteiger partial charge is 0.467 e. The number of benzene rings is 3. The van der Waals surface area contributed by atoms with Crippen molar-refractivity contribution >= 4 is 35.1 Å². The molecule has 1 aliphatic rings. The molecule has 1 aromatic heterocycles. The van der Waals surface area contributed by atoms with E-state index in [1.807, 2.05) is 48.5 Å². The molecule has 172 valence electrons. The van der Waals surface area contributed by atoms with Crippen molar-refractivity contribution in [2.45, 2.75) is 6.54 Å². The Morgan fingerprint density at radius 1 is 0.886 bits per heavy atom. The zero-order valence-corrected chi connectivity index (χ0v) is 19.4. The van der Waals surface area contributed by atoms with Gasteiger partial charge in [0.1, 0.15) is 11.6 Å². The number of carbonyl (C=O) groups excluding carboxylic acids is 1. The third kappa shape index (κ3) is 5.31. The minimum Gasteiger partial charge on any atom is -0.467 e. The summed E-state index contributed by atoms with van der Waals surface area (Å²) < 4.78 is 19.3. The Balaban J connectivity index is 1.41. The number of halogens is 1. The normalized spacial score (nSPS) is 16.1. The fraction of sp³-hybridized carbons (Fsp3) is 0.0357. The Kier molecular flexibility index (Phi) is 6.68. The van der Waals surface area contributed by atoms with Crippen LogP contribution in [0.3, 0.4) is 0 Å². The molecule has 1 fully saturated rings. The minimum absolute atomic E-state index is 0.196. The fourth-order valence-corrected chi connectivity index (χ4v) is 4.49. The maximum absolute atomic E-state index is 13.9. The summed E-state index contributed by atoms with van der Waals surface area (Å²) in [6.07, 6.45) is 4.73. The number of nitrogens with zero attached hydrogens (tertiary/aromatic N) is 3. The molecule has 3 aromatic carbocycles. The first kappa shape index (κ1) is 22.6. The molecule has 1 saturated heterocycles. The van der Waals surface area contributed by atoms with Crippen molar-refractivity contribution in [2.75, 3.05) is 0 Å². The molecule has 0 radical (unpaired) electrons. The quantitative estimate of drug-likeness (QED) is 0.177. The Labute approximate surface area is 206 Å². The number of amidine groups is 1. The van der Waals surface area contributed by atoms with Gasteiger partial charge in [0.05, 0.1) is 23.9 Å². The SMILES string of the molecule is O=C1/C(=C/c2ccc(-c3ccccc3)cc2)S/C(=N/N=C\c2ccccc2F)N1Cc1ccco1. The van der Waals surface area contributed by atoms with Crippen LogP contribution in [0.15, 0.2) is 117 Å². The van der Waals surface area contributed by atoms with Crippen molar-refractivity contribution in [1.29, 1.82) is 0 Å². The molecule has 0 unspecified atom stereocenters. The van der Waals surface area contributed by atoms with E-state index in [2.05, 4.69) is 22.3 Å². The molecule has 0 N–H and O–H groups in total. The van der Waals surface area contributed by atoms with Crippen LogP contribution in [0.1, 0.15) is 16.9 Å². The predicted octanol–water partition coefficient (Wildman–Crippen LogP) is 6.59. The van der Waals surface area contributed by atoms with Crippen molar-refractivity contribution in [1.82, 2.24) is 4.90 Å². The predicted molar refractivity (Wildman–Crippen MR) is 138 cm³/mol. The lowest BCUT2D eigenvalue weighted by atomic mass is 10.0. The van der Waals surface area contributed by atoms with Gasteiger partial charge < -0.3 is 4.42 Å². The lowest BCUT2D eigenvalue weighted by Gasteiger charge is -2.12. The average molecular weight is 482 g/mol. The van der Waals surface area contributed by atoms with Crippen LogP contribution in [0.5, 0.6) is 0 Å². The monoisotopic (exact) mass is 481 g/mol. The summed E-state index contributed by atoms with van der Waals surface area (Å²) in [6.45, 7) is 0.219. The van der Waals surface area contributed by atoms with E-state index in [0.717, 1.165) is 16.7 Å². The van der Waals surface area contributed by atoms with Gasteiger partial charge in [-0.05, 0) is 52.7 Å². The third-order valence-corrected chi connectivity index (χ3v) is 6.34. The van der Waals surface area contributed by atoms with Gasteiger partial charge in [0.25, 0.3) is 5.91 Å². The van der Waals surface area contributed by atoms with Crippen LogP contribution >= 0.6 is 11.8 Å². The van der Waals surface area contributed by atoms with Crippen molar-refractivity contribution in [3.8, 4) is 11.1 Å². The van der Waals surface area contributed by atoms with Crippen LogP contribution in [-0.2, 0) is 11.3 Å². The van der Waals surface area contributed by atoms with Crippen LogP contribution in [0, 0.1) is 5.82 Å². The minimum atomic E-state index is -0.390. The molecule has 2 heterocycles. The number of hydrogen-bond donors (Lipinski definition) is 0. The van der Waals surface area contributed by atoms with Gasteiger partial charge in [-0.25, -0.2) is 4.39 Å². The third-order valence-electron chi connectivity index (χ3n) is 5.34. The maximum Gasteiger partial charge on any atom is 0.267 e. The molecular weight excluding hydrogens is 461 g/mol. The number of rotatable bonds is 6. The van der Waals surface area contributed by atoms with Crippen LogP contribution < -0.4 is 0 Å². The molecule has 0 bridgehead atoms. The van der Waals surface area contributed by atoms with E-state index in [0.29, 0.717) is 21.4 Å². The molecule has 7 heteroatoms. The molecule has 35 heavy (non-hydrogen) atoms. The second-order valence-electron chi connectivity index (χ2n) is 7.72. The summed E-state index contributed by atoms with van der Waals surface area (Å²) >= 11 is 1.22. The van der Waals surface area contributed by atoms with Gasteiger partial charge in [0.2, 0.25) is 0 Å². The molecule has 1 aliphatic heterocycles. The van der Waals surface area contributed by atoms with E-state index in [1.54, 1.807) is 36.6 Å². The summed E-state index contributed by atoms with van der Waals surface area (Å²) in [6, 6.07) is 28.0. The summed E-state index contributed by atoms with van der Waals surface area (Å²) in [5.41, 5.74) is 3.44. The number of hydrogen-bond acceptors (Lipinski definition) is 5. The summed E-state index contributed by atoms with van der Waals surface area (Å²) in [5, 5.41) is 8.65. The molecule has 4 aromatic rings. The van der Waals surface area contributed by atoms with Gasteiger partial charge in [0, 0.05) is 5.56 Å². The van der Waals surface area contributed by atoms with Gasteiger partial charge in [-0.1, -0.05) is 72.8 Å². The van der Waals surface area contributed by atoms with E-state index < -0.39 is 5.82 Å². The second kappa shape index (κ2) is 10.4. The summed E-state index contributed by atoms with van der Waals surface area (Å²) in [5.74, 6) is 0.0372. The highest BCUT2D eigenvalue weighted by Gasteiger charge is 2.34. The molecule has 0 saturated carbocycles. The Morgan fingerprint density at radius 3 is 2.37 bits per heavy atom. The highest BCUT2D eigenvalue weighted by atomic mass is 32.2. The number of thioether (sulfide) groups is 1. The zero-order valence-electron chi connectivity index (χ0n) is 18.5. The van der Waals surface area contributed by atoms with Crippen LogP contribution in [0.25, 0.3) is 17.2 Å². The van der Waals surface area contributed by atoms with E-state index in [-0.39, 0.29) is 12.5 Å². The van der Waals surface area contributed by atoms with E-state index in [4.69, 9.17) is 4.42 Å². The van der Waals surface area contributed by atoms with Crippen LogP contribution in [0.2, 0.25) is 0 Å². The first-order valence-corrected chi connectivity index (χ1v) is 11.7. The van der Waals surface area contributed by atoms with Gasteiger partial charge in [0.15, 0.2) is 5.17 Å². The first-order valence-electron chi connectivity index (χ1n) is 10.9. The lowest BCUT2D eigenvalue weighted by molar-refractivity contribution is -0.122. The van der Waals surface area contributed by atoms with Crippen LogP contribution in [-0.4, -0.2) is 22.2 Å². The molecular formula is C28H20FN3O2S. The van der Waals surface area contributed by atoms with E-state index >= 15 is 0 Å². The lowest BCUT2D eigenvalue weighted by Crippen LogP contribution is -2.28. The van der Waals surface area contributed by atoms with Crippen molar-refractivity contribution in [2.24, 2.45) is 10.2 Å². The maximum atomic E-state index is 13.9. The Bertz CT molecular complexity index is 1410. The molecule has 5 nitrogen and oxygen atoms in total. The van der Waals surface area contributed by atoms with E-state index in [9.17, 15) is 9.18 Å². The topological polar surface area (TPSA) is 58.2 Å². The highest BCUT2D eigenvalue weighted by molar-refractivity contribution is 8.18.